The predicted octanol–water partition coefficient (Wildman–Crippen LogP) is 12.2. The van der Waals surface area contributed by atoms with E-state index in [-0.39, 0.29) is 0 Å². The van der Waals surface area contributed by atoms with Crippen molar-refractivity contribution in [2.45, 2.75) is 33.1 Å². The summed E-state index contributed by atoms with van der Waals surface area (Å²) in [5.74, 6) is 0. The van der Waals surface area contributed by atoms with Crippen LogP contribution in [0.1, 0.15) is 59.0 Å². The fraction of sp³-hybridized carbons (Fsp3) is 0.109. The van der Waals surface area contributed by atoms with Crippen LogP contribution in [-0.2, 0) is 5.41 Å². The molecular weight excluding hydrogens is 613 g/mol. The zero-order chi connectivity index (χ0) is 34.0. The molecule has 1 heterocycles. The molecule has 0 atom stereocenters. The lowest BCUT2D eigenvalue weighted by Gasteiger charge is -2.34. The molecule has 0 saturated heterocycles. The van der Waals surface area contributed by atoms with E-state index in [0.717, 1.165) is 28.1 Å². The van der Waals surface area contributed by atoms with Crippen LogP contribution in [0, 0.1) is 6.92 Å². The van der Waals surface area contributed by atoms with Gasteiger partial charge < -0.3 is 5.73 Å². The summed E-state index contributed by atoms with van der Waals surface area (Å²) >= 11 is 1.80. The molecule has 49 heavy (non-hydrogen) atoms. The van der Waals surface area contributed by atoms with Crippen molar-refractivity contribution >= 4 is 44.0 Å². The van der Waals surface area contributed by atoms with Crippen molar-refractivity contribution in [3.63, 3.8) is 0 Å². The molecule has 0 aliphatic heterocycles. The number of benzene rings is 5. The van der Waals surface area contributed by atoms with Gasteiger partial charge in [0.2, 0.25) is 0 Å². The minimum atomic E-state index is -0.522. The van der Waals surface area contributed by atoms with Crippen LogP contribution < -0.4 is 5.73 Å². The predicted molar refractivity (Wildman–Crippen MR) is 213 cm³/mol. The van der Waals surface area contributed by atoms with E-state index in [4.69, 9.17) is 10.7 Å². The van der Waals surface area contributed by atoms with Gasteiger partial charge in [0.15, 0.2) is 0 Å². The van der Waals surface area contributed by atoms with E-state index in [1.807, 2.05) is 13.0 Å². The molecule has 2 nitrogen and oxygen atoms in total. The molecule has 1 aliphatic carbocycles. The lowest BCUT2D eigenvalue weighted by Crippen LogP contribution is -2.28. The normalized spacial score (nSPS) is 14.6. The molecule has 0 saturated carbocycles. The van der Waals surface area contributed by atoms with Gasteiger partial charge >= 0.3 is 0 Å². The Hall–Kier alpha value is -5.51. The standard InChI is InChI=1S/C46H40N2S/c1-5-15-36(30-47)35-25-27-40-39-26-24-34(33(6-2)23-22-31(3)48-45-32(4)49-44-21-14-13-20-41(44)45)28-42(39)46(43(40)29-35,37-16-9-7-10-17-37)38-18-11-8-12-19-38/h5-30H,47H2,1-4H3/b15-5-,23-22-,33-6+,36-30+,48-31+. The highest BCUT2D eigenvalue weighted by atomic mass is 32.1. The van der Waals surface area contributed by atoms with Crippen LogP contribution in [0.4, 0.5) is 5.69 Å². The van der Waals surface area contributed by atoms with Gasteiger partial charge in [0.1, 0.15) is 0 Å². The molecular formula is C46H40N2S. The van der Waals surface area contributed by atoms with E-state index < -0.39 is 5.41 Å². The molecule has 0 amide bonds. The molecule has 0 fully saturated rings. The summed E-state index contributed by atoms with van der Waals surface area (Å²) in [5.41, 5.74) is 19.6. The Bertz CT molecular complexity index is 2270. The summed E-state index contributed by atoms with van der Waals surface area (Å²) in [7, 11) is 0. The molecule has 3 heteroatoms. The highest BCUT2D eigenvalue weighted by Crippen LogP contribution is 2.57. The SMILES string of the molecule is C/C=C\C(=C/N)c1ccc2c(c1)C(c1ccccc1)(c1ccccc1)c1cc(C(/C=C\C(C)=N\c3c(C)sc4ccccc34)=C/C)ccc1-2. The molecule has 1 aromatic heterocycles. The lowest BCUT2D eigenvalue weighted by atomic mass is 9.67. The molecule has 5 aromatic carbocycles. The third-order valence-corrected chi connectivity index (χ3v) is 10.7. The van der Waals surface area contributed by atoms with E-state index in [9.17, 15) is 0 Å². The first-order valence-electron chi connectivity index (χ1n) is 16.8. The molecule has 6 aromatic rings. The van der Waals surface area contributed by atoms with Crippen molar-refractivity contribution < 1.29 is 0 Å². The Morgan fingerprint density at radius 2 is 1.24 bits per heavy atom. The number of hydrogen-bond donors (Lipinski definition) is 1. The average molecular weight is 653 g/mol. The highest BCUT2D eigenvalue weighted by Gasteiger charge is 2.46. The van der Waals surface area contributed by atoms with Gasteiger partial charge in [-0.05, 0) is 108 Å². The summed E-state index contributed by atoms with van der Waals surface area (Å²) in [6.45, 7) is 8.38. The summed E-state index contributed by atoms with van der Waals surface area (Å²) in [6.07, 6.45) is 12.3. The van der Waals surface area contributed by atoms with Gasteiger partial charge in [-0.3, -0.25) is 4.99 Å². The number of hydrogen-bond acceptors (Lipinski definition) is 3. The van der Waals surface area contributed by atoms with Gasteiger partial charge in [-0.2, -0.15) is 0 Å². The second kappa shape index (κ2) is 13.5. The number of allylic oxidation sites excluding steroid dienone is 7. The van der Waals surface area contributed by atoms with Crippen LogP contribution >= 0.6 is 11.3 Å². The maximum absolute atomic E-state index is 6.16. The van der Waals surface area contributed by atoms with E-state index in [0.29, 0.717) is 0 Å². The Morgan fingerprint density at radius 3 is 1.82 bits per heavy atom. The Kier molecular flexibility index (Phi) is 8.86. The van der Waals surface area contributed by atoms with Crippen molar-refractivity contribution in [1.82, 2.24) is 0 Å². The van der Waals surface area contributed by atoms with Crippen LogP contribution in [0.2, 0.25) is 0 Å². The summed E-state index contributed by atoms with van der Waals surface area (Å²) < 4.78 is 1.27. The Labute approximate surface area is 294 Å². The van der Waals surface area contributed by atoms with Gasteiger partial charge in [-0.1, -0.05) is 127 Å². The number of rotatable bonds is 8. The van der Waals surface area contributed by atoms with Crippen molar-refractivity contribution in [3.8, 4) is 11.1 Å². The summed E-state index contributed by atoms with van der Waals surface area (Å²) in [6, 6.07) is 44.2. The average Bonchev–Trinajstić information content (AvgIpc) is 3.62. The molecule has 0 spiro atoms. The van der Waals surface area contributed by atoms with Crippen LogP contribution in [0.25, 0.3) is 32.4 Å². The number of nitrogens with two attached hydrogens (primary N) is 1. The molecule has 2 N–H and O–H groups in total. The molecule has 7 rings (SSSR count). The van der Waals surface area contributed by atoms with Crippen molar-refractivity contribution in [1.29, 1.82) is 0 Å². The van der Waals surface area contributed by atoms with E-state index in [2.05, 4.69) is 166 Å². The molecule has 0 bridgehead atoms. The number of aliphatic imine (C=N–C) groups is 1. The van der Waals surface area contributed by atoms with Crippen LogP contribution in [0.3, 0.4) is 0 Å². The fourth-order valence-corrected chi connectivity index (χ4v) is 8.36. The maximum atomic E-state index is 6.16. The van der Waals surface area contributed by atoms with Crippen LogP contribution in [0.5, 0.6) is 0 Å². The maximum Gasteiger partial charge on any atom is 0.0847 e. The number of aryl methyl sites for hydroxylation is 1. The number of thiophene rings is 1. The third-order valence-electron chi connectivity index (χ3n) is 9.59. The smallest absolute Gasteiger partial charge is 0.0847 e. The fourth-order valence-electron chi connectivity index (χ4n) is 7.35. The van der Waals surface area contributed by atoms with Gasteiger partial charge in [0, 0.05) is 26.9 Å². The summed E-state index contributed by atoms with van der Waals surface area (Å²) in [5, 5.41) is 1.21. The quantitative estimate of drug-likeness (QED) is 0.129. The minimum absolute atomic E-state index is 0.522. The minimum Gasteiger partial charge on any atom is -0.404 e. The zero-order valence-corrected chi connectivity index (χ0v) is 29.3. The van der Waals surface area contributed by atoms with E-state index >= 15 is 0 Å². The second-order valence-corrected chi connectivity index (χ2v) is 13.7. The first-order valence-corrected chi connectivity index (χ1v) is 17.6. The van der Waals surface area contributed by atoms with Gasteiger partial charge in [0.25, 0.3) is 0 Å². The molecule has 1 aliphatic rings. The molecule has 240 valence electrons. The number of fused-ring (bicyclic) bond motifs is 4. The monoisotopic (exact) mass is 652 g/mol. The third kappa shape index (κ3) is 5.60. The summed E-state index contributed by atoms with van der Waals surface area (Å²) in [4.78, 5) is 6.31. The second-order valence-electron chi connectivity index (χ2n) is 12.5. The van der Waals surface area contributed by atoms with Gasteiger partial charge in [0.05, 0.1) is 11.1 Å². The zero-order valence-electron chi connectivity index (χ0n) is 28.4. The lowest BCUT2D eigenvalue weighted by molar-refractivity contribution is 0.768. The van der Waals surface area contributed by atoms with Crippen molar-refractivity contribution in [2.24, 2.45) is 10.7 Å². The largest absolute Gasteiger partial charge is 0.404 e. The Morgan fingerprint density at radius 1 is 0.673 bits per heavy atom. The van der Waals surface area contributed by atoms with E-state index in [1.165, 1.54) is 53.9 Å². The van der Waals surface area contributed by atoms with Crippen molar-refractivity contribution in [3.05, 3.63) is 196 Å². The first kappa shape index (κ1) is 32.1. The van der Waals surface area contributed by atoms with Crippen molar-refractivity contribution in [2.75, 3.05) is 0 Å². The highest BCUT2D eigenvalue weighted by molar-refractivity contribution is 7.19. The van der Waals surface area contributed by atoms with Crippen LogP contribution in [-0.4, -0.2) is 5.71 Å². The topological polar surface area (TPSA) is 38.4 Å². The van der Waals surface area contributed by atoms with Gasteiger partial charge in [-0.15, -0.1) is 11.3 Å². The van der Waals surface area contributed by atoms with Crippen LogP contribution in [0.15, 0.2) is 163 Å². The Balaban J connectivity index is 1.39. The van der Waals surface area contributed by atoms with E-state index in [1.54, 1.807) is 17.5 Å². The molecule has 0 unspecified atom stereocenters. The first-order chi connectivity index (χ1) is 24.0. The number of nitrogens with zero attached hydrogens (tertiary/aromatic N) is 1. The van der Waals surface area contributed by atoms with Gasteiger partial charge in [-0.25, -0.2) is 0 Å². The molecule has 0 radical (unpaired) electrons.